The summed E-state index contributed by atoms with van der Waals surface area (Å²) in [4.78, 5) is 0.189. The van der Waals surface area contributed by atoms with Crippen molar-refractivity contribution in [1.29, 1.82) is 0 Å². The molecule has 0 aliphatic carbocycles. The van der Waals surface area contributed by atoms with Crippen LogP contribution >= 0.6 is 11.6 Å². The van der Waals surface area contributed by atoms with Gasteiger partial charge in [0.05, 0.1) is 11.9 Å². The van der Waals surface area contributed by atoms with Crippen LogP contribution < -0.4 is 4.31 Å². The van der Waals surface area contributed by atoms with E-state index in [9.17, 15) is 8.42 Å². The van der Waals surface area contributed by atoms with Crippen LogP contribution in [0, 0.1) is 0 Å². The van der Waals surface area contributed by atoms with Gasteiger partial charge in [0, 0.05) is 35.8 Å². The highest BCUT2D eigenvalue weighted by Crippen LogP contribution is 2.46. The molecule has 3 rings (SSSR count). The van der Waals surface area contributed by atoms with Gasteiger partial charge in [-0.25, -0.2) is 8.42 Å². The molecule has 112 valence electrons. The Hall–Kier alpha value is -1.53. The molecule has 7 heteroatoms. The highest BCUT2D eigenvalue weighted by atomic mass is 35.5. The number of aryl methyl sites for hydroxylation is 1. The molecule has 0 unspecified atom stereocenters. The number of halogens is 1. The van der Waals surface area contributed by atoms with Gasteiger partial charge < -0.3 is 0 Å². The van der Waals surface area contributed by atoms with E-state index >= 15 is 0 Å². The molecule has 1 aromatic carbocycles. The minimum Gasteiger partial charge on any atom is -0.274 e. The van der Waals surface area contributed by atoms with Crippen LogP contribution in [0.15, 0.2) is 35.5 Å². The Morgan fingerprint density at radius 2 is 2.05 bits per heavy atom. The Morgan fingerprint density at radius 1 is 1.33 bits per heavy atom. The van der Waals surface area contributed by atoms with Gasteiger partial charge in [-0.15, -0.1) is 0 Å². The number of nitrogens with zero attached hydrogens (tertiary/aromatic N) is 3. The molecular formula is C14H16ClN3O2S. The minimum atomic E-state index is -3.63. The average Bonchev–Trinajstić information content (AvgIpc) is 2.93. The monoisotopic (exact) mass is 325 g/mol. The first kappa shape index (κ1) is 14.4. The predicted molar refractivity (Wildman–Crippen MR) is 82.2 cm³/mol. The molecule has 0 spiro atoms. The lowest BCUT2D eigenvalue weighted by Gasteiger charge is -2.21. The SMILES string of the molecule is Cn1cc(S(=O)(=O)N2CC(C)(C)c3c(Cl)cccc32)cn1. The van der Waals surface area contributed by atoms with Crippen molar-refractivity contribution in [3.05, 3.63) is 41.2 Å². The minimum absolute atomic E-state index is 0.189. The fraction of sp³-hybridized carbons (Fsp3) is 0.357. The fourth-order valence-electron chi connectivity index (χ4n) is 2.79. The van der Waals surface area contributed by atoms with Crippen LogP contribution in [0.2, 0.25) is 5.02 Å². The van der Waals surface area contributed by atoms with Crippen molar-refractivity contribution in [2.75, 3.05) is 10.8 Å². The number of fused-ring (bicyclic) bond motifs is 1. The van der Waals surface area contributed by atoms with Crippen molar-refractivity contribution < 1.29 is 8.42 Å². The zero-order chi connectivity index (χ0) is 15.4. The van der Waals surface area contributed by atoms with Gasteiger partial charge in [-0.05, 0) is 12.1 Å². The van der Waals surface area contributed by atoms with E-state index in [0.29, 0.717) is 17.3 Å². The molecule has 0 radical (unpaired) electrons. The van der Waals surface area contributed by atoms with Gasteiger partial charge >= 0.3 is 0 Å². The number of hydrogen-bond donors (Lipinski definition) is 0. The maximum Gasteiger partial charge on any atom is 0.267 e. The lowest BCUT2D eigenvalue weighted by Crippen LogP contribution is -2.33. The van der Waals surface area contributed by atoms with Crippen LogP contribution in [0.4, 0.5) is 5.69 Å². The first-order valence-corrected chi connectivity index (χ1v) is 8.36. The third-order valence-corrected chi connectivity index (χ3v) is 5.77. The third kappa shape index (κ3) is 2.13. The second-order valence-electron chi connectivity index (χ2n) is 5.88. The summed E-state index contributed by atoms with van der Waals surface area (Å²) < 4.78 is 28.6. The number of anilines is 1. The van der Waals surface area contributed by atoms with Gasteiger partial charge in [0.2, 0.25) is 0 Å². The standard InChI is InChI=1S/C14H16ClN3O2S/c1-14(2)9-18(12-6-4-5-11(15)13(12)14)21(19,20)10-7-16-17(3)8-10/h4-8H,9H2,1-3H3. The maximum atomic E-state index is 12.8. The zero-order valence-corrected chi connectivity index (χ0v) is 13.6. The Kier molecular flexibility index (Phi) is 3.07. The third-order valence-electron chi connectivity index (χ3n) is 3.75. The zero-order valence-electron chi connectivity index (χ0n) is 12.0. The van der Waals surface area contributed by atoms with Crippen molar-refractivity contribution >= 4 is 27.3 Å². The summed E-state index contributed by atoms with van der Waals surface area (Å²) in [5.41, 5.74) is 1.19. The van der Waals surface area contributed by atoms with E-state index in [4.69, 9.17) is 11.6 Å². The van der Waals surface area contributed by atoms with Crippen LogP contribution in [-0.2, 0) is 22.5 Å². The van der Waals surface area contributed by atoms with Crippen molar-refractivity contribution in [3.63, 3.8) is 0 Å². The van der Waals surface area contributed by atoms with Crippen molar-refractivity contribution in [2.24, 2.45) is 7.05 Å². The van der Waals surface area contributed by atoms with Gasteiger partial charge in [-0.3, -0.25) is 8.99 Å². The summed E-state index contributed by atoms with van der Waals surface area (Å²) in [6, 6.07) is 5.36. The molecule has 5 nitrogen and oxygen atoms in total. The van der Waals surface area contributed by atoms with Crippen LogP contribution in [0.3, 0.4) is 0 Å². The normalized spacial score (nSPS) is 17.0. The molecule has 0 atom stereocenters. The molecule has 0 bridgehead atoms. The van der Waals surface area contributed by atoms with Gasteiger partial charge in [-0.1, -0.05) is 31.5 Å². The predicted octanol–water partition coefficient (Wildman–Crippen LogP) is 2.56. The molecule has 0 saturated carbocycles. The summed E-state index contributed by atoms with van der Waals surface area (Å²) in [7, 11) is -1.94. The van der Waals surface area contributed by atoms with E-state index in [0.717, 1.165) is 5.56 Å². The van der Waals surface area contributed by atoms with Gasteiger partial charge in [-0.2, -0.15) is 5.10 Å². The average molecular weight is 326 g/mol. The molecule has 0 amide bonds. The summed E-state index contributed by atoms with van der Waals surface area (Å²) in [6.07, 6.45) is 2.87. The Balaban J connectivity index is 2.17. The van der Waals surface area contributed by atoms with E-state index in [1.54, 1.807) is 25.2 Å². The van der Waals surface area contributed by atoms with Crippen LogP contribution in [0.25, 0.3) is 0 Å². The second-order valence-corrected chi connectivity index (χ2v) is 8.15. The quantitative estimate of drug-likeness (QED) is 0.852. The maximum absolute atomic E-state index is 12.8. The molecule has 2 aromatic rings. The van der Waals surface area contributed by atoms with Crippen molar-refractivity contribution in [2.45, 2.75) is 24.2 Å². The summed E-state index contributed by atoms with van der Waals surface area (Å²) >= 11 is 6.28. The number of rotatable bonds is 2. The molecule has 1 aromatic heterocycles. The molecule has 21 heavy (non-hydrogen) atoms. The van der Waals surface area contributed by atoms with Crippen molar-refractivity contribution in [1.82, 2.24) is 9.78 Å². The van der Waals surface area contributed by atoms with Crippen LogP contribution in [0.1, 0.15) is 19.4 Å². The molecule has 2 heterocycles. The topological polar surface area (TPSA) is 55.2 Å². The molecule has 0 fully saturated rings. The summed E-state index contributed by atoms with van der Waals surface area (Å²) in [5.74, 6) is 0. The highest BCUT2D eigenvalue weighted by molar-refractivity contribution is 7.92. The van der Waals surface area contributed by atoms with E-state index < -0.39 is 10.0 Å². The number of aromatic nitrogens is 2. The number of hydrogen-bond acceptors (Lipinski definition) is 3. The molecule has 1 aliphatic heterocycles. The number of sulfonamides is 1. The summed E-state index contributed by atoms with van der Waals surface area (Å²) in [5, 5.41) is 4.55. The lowest BCUT2D eigenvalue weighted by atomic mass is 9.87. The van der Waals surface area contributed by atoms with E-state index in [-0.39, 0.29) is 10.3 Å². The summed E-state index contributed by atoms with van der Waals surface area (Å²) in [6.45, 7) is 4.36. The Bertz CT molecular complexity index is 811. The molecular weight excluding hydrogens is 310 g/mol. The first-order chi connectivity index (χ1) is 9.73. The van der Waals surface area contributed by atoms with Gasteiger partial charge in [0.25, 0.3) is 10.0 Å². The largest absolute Gasteiger partial charge is 0.274 e. The van der Waals surface area contributed by atoms with E-state index in [2.05, 4.69) is 5.10 Å². The Labute approximate surface area is 129 Å². The molecule has 1 aliphatic rings. The van der Waals surface area contributed by atoms with Crippen LogP contribution in [0.5, 0.6) is 0 Å². The fourth-order valence-corrected chi connectivity index (χ4v) is 4.84. The lowest BCUT2D eigenvalue weighted by molar-refractivity contribution is 0.554. The molecule has 0 N–H and O–H groups in total. The number of benzene rings is 1. The second kappa shape index (κ2) is 4.48. The first-order valence-electron chi connectivity index (χ1n) is 6.54. The highest BCUT2D eigenvalue weighted by Gasteiger charge is 2.42. The van der Waals surface area contributed by atoms with Gasteiger partial charge in [0.1, 0.15) is 4.90 Å². The van der Waals surface area contributed by atoms with Gasteiger partial charge in [0.15, 0.2) is 0 Å². The van der Waals surface area contributed by atoms with Crippen LogP contribution in [-0.4, -0.2) is 24.7 Å². The van der Waals surface area contributed by atoms with E-state index in [1.807, 2.05) is 13.8 Å². The van der Waals surface area contributed by atoms with Crippen molar-refractivity contribution in [3.8, 4) is 0 Å². The Morgan fingerprint density at radius 3 is 2.67 bits per heavy atom. The van der Waals surface area contributed by atoms with E-state index in [1.165, 1.54) is 21.4 Å². The smallest absolute Gasteiger partial charge is 0.267 e. The molecule has 0 saturated heterocycles.